The van der Waals surface area contributed by atoms with Crippen LogP contribution in [0.5, 0.6) is 0 Å². The summed E-state index contributed by atoms with van der Waals surface area (Å²) in [6, 6.07) is 0. The second-order valence-corrected chi connectivity index (χ2v) is 5.25. The number of fused-ring (bicyclic) bond motifs is 1. The summed E-state index contributed by atoms with van der Waals surface area (Å²) < 4.78 is 18.6. The smallest absolute Gasteiger partial charge is 0.381 e. The molecule has 0 aromatic carbocycles. The van der Waals surface area contributed by atoms with Gasteiger partial charge < -0.3 is 29.4 Å². The molecule has 2 fully saturated rings. The Morgan fingerprint density at radius 3 is 2.80 bits per heavy atom. The number of rotatable bonds is 3. The molecule has 2 saturated heterocycles. The van der Waals surface area contributed by atoms with Crippen LogP contribution in [0.4, 0.5) is 5.82 Å². The molecule has 4 atom stereocenters. The lowest BCUT2D eigenvalue weighted by Crippen LogP contribution is -2.31. The van der Waals surface area contributed by atoms with E-state index in [1.807, 2.05) is 0 Å². The van der Waals surface area contributed by atoms with Crippen molar-refractivity contribution in [3.05, 3.63) is 22.6 Å². The van der Waals surface area contributed by atoms with E-state index in [9.17, 15) is 15.2 Å². The predicted octanol–water partition coefficient (Wildman–Crippen LogP) is 0.201. The maximum absolute atomic E-state index is 10.7. The van der Waals surface area contributed by atoms with Crippen molar-refractivity contribution in [1.82, 2.24) is 9.55 Å². The quantitative estimate of drug-likeness (QED) is 0.624. The van der Waals surface area contributed by atoms with Gasteiger partial charge in [-0.05, 0) is 23.8 Å². The maximum Gasteiger partial charge on any atom is 0.381 e. The van der Waals surface area contributed by atoms with Crippen LogP contribution < -0.4 is 0 Å². The Morgan fingerprint density at radius 1 is 1.50 bits per heavy atom. The maximum atomic E-state index is 10.7. The number of imidazole rings is 1. The predicted molar refractivity (Wildman–Crippen MR) is 63.7 cm³/mol. The van der Waals surface area contributed by atoms with Gasteiger partial charge in [-0.15, -0.1) is 0 Å². The lowest BCUT2D eigenvalue weighted by Gasteiger charge is -2.23. The van der Waals surface area contributed by atoms with Crippen molar-refractivity contribution >= 4 is 5.82 Å². The van der Waals surface area contributed by atoms with Crippen LogP contribution >= 0.6 is 0 Å². The van der Waals surface area contributed by atoms with Crippen molar-refractivity contribution in [1.29, 1.82) is 0 Å². The fourth-order valence-electron chi connectivity index (χ4n) is 2.61. The summed E-state index contributed by atoms with van der Waals surface area (Å²) in [6.45, 7) is 3.33. The van der Waals surface area contributed by atoms with E-state index < -0.39 is 35.3 Å². The summed E-state index contributed by atoms with van der Waals surface area (Å²) in [5.41, 5.74) is 0. The first-order valence-corrected chi connectivity index (χ1v) is 6.21. The molecule has 3 heterocycles. The molecule has 0 unspecified atom stereocenters. The number of hydrogen-bond donors (Lipinski definition) is 1. The van der Waals surface area contributed by atoms with Crippen LogP contribution in [-0.2, 0) is 14.2 Å². The number of aromatic nitrogens is 2. The molecule has 9 heteroatoms. The first kappa shape index (κ1) is 13.4. The van der Waals surface area contributed by atoms with Gasteiger partial charge in [-0.1, -0.05) is 0 Å². The van der Waals surface area contributed by atoms with Crippen LogP contribution in [0.3, 0.4) is 0 Å². The first-order valence-electron chi connectivity index (χ1n) is 6.21. The molecule has 2 aliphatic rings. The number of aliphatic hydroxyl groups excluding tert-OH is 1. The average Bonchev–Trinajstić information content (AvgIpc) is 3.01. The van der Waals surface area contributed by atoms with Crippen molar-refractivity contribution in [2.75, 3.05) is 6.61 Å². The summed E-state index contributed by atoms with van der Waals surface area (Å²) in [7, 11) is 0. The Kier molecular flexibility index (Phi) is 3.01. The monoisotopic (exact) mass is 285 g/mol. The minimum atomic E-state index is -0.780. The Morgan fingerprint density at radius 2 is 2.20 bits per heavy atom. The number of hydrogen-bond acceptors (Lipinski definition) is 7. The molecule has 0 saturated carbocycles. The molecule has 0 radical (unpaired) electrons. The lowest BCUT2D eigenvalue weighted by atomic mass is 10.1. The standard InChI is InChI=1S/C11H15N3O6/c1-11(2)19-8-6(4-15)18-10(9(8)20-11)13-3-7(12-5-13)14(16)17/h3,5-6,8-10,15H,4H2,1-2H3/t6-,8-,9-,10+/m1/s1. The van der Waals surface area contributed by atoms with E-state index in [4.69, 9.17) is 14.2 Å². The number of ether oxygens (including phenoxy) is 3. The van der Waals surface area contributed by atoms with E-state index in [0.29, 0.717) is 0 Å². The van der Waals surface area contributed by atoms with Gasteiger partial charge in [-0.25, -0.2) is 0 Å². The van der Waals surface area contributed by atoms with Crippen molar-refractivity contribution in [2.24, 2.45) is 0 Å². The molecule has 3 rings (SSSR count). The summed E-state index contributed by atoms with van der Waals surface area (Å²) in [5, 5.41) is 20.0. The SMILES string of the molecule is CC1(C)O[C@@H]2[C@H](O1)[C@@H](CO)O[C@@H]2n1cnc([N+](=O)[O-])c1. The molecule has 0 spiro atoms. The molecule has 0 aliphatic carbocycles. The highest BCUT2D eigenvalue weighted by molar-refractivity contribution is 5.14. The molecule has 1 N–H and O–H groups in total. The number of nitro groups is 1. The van der Waals surface area contributed by atoms with Crippen LogP contribution in [0.2, 0.25) is 0 Å². The molecule has 0 amide bonds. The molecule has 110 valence electrons. The van der Waals surface area contributed by atoms with Gasteiger partial charge in [0.2, 0.25) is 6.33 Å². The Balaban J connectivity index is 1.87. The van der Waals surface area contributed by atoms with Crippen LogP contribution in [0.25, 0.3) is 0 Å². The van der Waals surface area contributed by atoms with E-state index in [-0.39, 0.29) is 12.4 Å². The van der Waals surface area contributed by atoms with Crippen molar-refractivity contribution in [3.8, 4) is 0 Å². The molecular formula is C11H15N3O6. The fourth-order valence-corrected chi connectivity index (χ4v) is 2.61. The Hall–Kier alpha value is -1.55. The number of aliphatic hydroxyl groups is 1. The molecule has 1 aromatic rings. The fraction of sp³-hybridized carbons (Fsp3) is 0.727. The largest absolute Gasteiger partial charge is 0.394 e. The summed E-state index contributed by atoms with van der Waals surface area (Å²) in [4.78, 5) is 13.8. The average molecular weight is 285 g/mol. The van der Waals surface area contributed by atoms with E-state index in [2.05, 4.69) is 4.98 Å². The van der Waals surface area contributed by atoms with Gasteiger partial charge in [-0.3, -0.25) is 4.57 Å². The van der Waals surface area contributed by atoms with Crippen LogP contribution in [-0.4, -0.2) is 50.3 Å². The third kappa shape index (κ3) is 2.08. The summed E-state index contributed by atoms with van der Waals surface area (Å²) in [5.74, 6) is -1.05. The second kappa shape index (κ2) is 4.48. The minimum absolute atomic E-state index is 0.214. The zero-order chi connectivity index (χ0) is 14.5. The highest BCUT2D eigenvalue weighted by Gasteiger charge is 2.55. The molecule has 1 aromatic heterocycles. The second-order valence-electron chi connectivity index (χ2n) is 5.25. The minimum Gasteiger partial charge on any atom is -0.394 e. The van der Waals surface area contributed by atoms with Gasteiger partial charge in [-0.2, -0.15) is 0 Å². The summed E-state index contributed by atoms with van der Waals surface area (Å²) >= 11 is 0. The van der Waals surface area contributed by atoms with Crippen LogP contribution in [0, 0.1) is 10.1 Å². The van der Waals surface area contributed by atoms with E-state index in [0.717, 1.165) is 0 Å². The molecular weight excluding hydrogens is 270 g/mol. The van der Waals surface area contributed by atoms with Crippen molar-refractivity contribution < 1.29 is 24.2 Å². The van der Waals surface area contributed by atoms with Crippen molar-refractivity contribution in [2.45, 2.75) is 44.2 Å². The van der Waals surface area contributed by atoms with Gasteiger partial charge >= 0.3 is 5.82 Å². The van der Waals surface area contributed by atoms with E-state index in [1.54, 1.807) is 13.8 Å². The van der Waals surface area contributed by atoms with Gasteiger partial charge in [0.15, 0.2) is 12.0 Å². The van der Waals surface area contributed by atoms with Gasteiger partial charge in [0.05, 0.1) is 6.61 Å². The van der Waals surface area contributed by atoms with Crippen LogP contribution in [0.1, 0.15) is 20.1 Å². The molecule has 9 nitrogen and oxygen atoms in total. The normalized spacial score (nSPS) is 35.1. The lowest BCUT2D eigenvalue weighted by molar-refractivity contribution is -0.389. The molecule has 20 heavy (non-hydrogen) atoms. The van der Waals surface area contributed by atoms with E-state index in [1.165, 1.54) is 17.1 Å². The van der Waals surface area contributed by atoms with Crippen molar-refractivity contribution in [3.63, 3.8) is 0 Å². The zero-order valence-electron chi connectivity index (χ0n) is 11.0. The number of nitrogens with zero attached hydrogens (tertiary/aromatic N) is 3. The molecule has 0 bridgehead atoms. The Labute approximate surface area is 114 Å². The van der Waals surface area contributed by atoms with Crippen LogP contribution in [0.15, 0.2) is 12.5 Å². The van der Waals surface area contributed by atoms with Gasteiger partial charge in [0, 0.05) is 0 Å². The van der Waals surface area contributed by atoms with Gasteiger partial charge in [0.25, 0.3) is 0 Å². The zero-order valence-corrected chi connectivity index (χ0v) is 11.0. The molecule has 2 aliphatic heterocycles. The topological polar surface area (TPSA) is 109 Å². The third-order valence-corrected chi connectivity index (χ3v) is 3.37. The van der Waals surface area contributed by atoms with E-state index >= 15 is 0 Å². The Bertz CT molecular complexity index is 530. The highest BCUT2D eigenvalue weighted by atomic mass is 16.8. The van der Waals surface area contributed by atoms with Gasteiger partial charge in [0.1, 0.15) is 24.5 Å². The third-order valence-electron chi connectivity index (χ3n) is 3.37. The highest BCUT2D eigenvalue weighted by Crippen LogP contribution is 2.42. The first-order chi connectivity index (χ1) is 9.41. The summed E-state index contributed by atoms with van der Waals surface area (Å²) in [6.07, 6.45) is 0.579.